The summed E-state index contributed by atoms with van der Waals surface area (Å²) in [6.07, 6.45) is 7.03. The van der Waals surface area contributed by atoms with Gasteiger partial charge in [0.1, 0.15) is 0 Å². The molecule has 1 aromatic rings. The molecule has 1 spiro atoms. The molecule has 2 saturated heterocycles. The Hall–Kier alpha value is -1.57. The van der Waals surface area contributed by atoms with Crippen LogP contribution in [-0.2, 0) is 14.2 Å². The molecule has 7 heteroatoms. The van der Waals surface area contributed by atoms with Gasteiger partial charge in [-0.25, -0.2) is 0 Å². The monoisotopic (exact) mass is 363 g/mol. The molecule has 0 bridgehead atoms. The first kappa shape index (κ1) is 19.2. The molecule has 0 radical (unpaired) electrons. The minimum atomic E-state index is -0.158. The van der Waals surface area contributed by atoms with Crippen molar-refractivity contribution in [3.63, 3.8) is 0 Å². The molecule has 2 aliphatic heterocycles. The number of piperidine rings is 1. The number of hydrogen-bond acceptors (Lipinski definition) is 6. The third kappa shape index (κ3) is 4.99. The lowest BCUT2D eigenvalue weighted by Gasteiger charge is -2.46. The summed E-state index contributed by atoms with van der Waals surface area (Å²) < 4.78 is 17.7. The zero-order chi connectivity index (χ0) is 18.4. The summed E-state index contributed by atoms with van der Waals surface area (Å²) in [5, 5.41) is 7.52. The second-order valence-corrected chi connectivity index (χ2v) is 7.36. The van der Waals surface area contributed by atoms with Gasteiger partial charge in [0.15, 0.2) is 0 Å². The molecule has 1 aromatic heterocycles. The van der Waals surface area contributed by atoms with Crippen LogP contribution >= 0.6 is 0 Å². The van der Waals surface area contributed by atoms with E-state index in [4.69, 9.17) is 14.2 Å². The summed E-state index contributed by atoms with van der Waals surface area (Å²) in [4.78, 5) is 14.4. The SMILES string of the molecule is CC(C)OCCOC1CCOC2(CCN(C(=O)c3ccnnc3)CC2)C1. The minimum Gasteiger partial charge on any atom is -0.376 e. The van der Waals surface area contributed by atoms with Crippen molar-refractivity contribution in [2.75, 3.05) is 32.9 Å². The average molecular weight is 363 g/mol. The van der Waals surface area contributed by atoms with Gasteiger partial charge in [0.05, 0.1) is 49.0 Å². The van der Waals surface area contributed by atoms with Gasteiger partial charge in [0, 0.05) is 26.1 Å². The van der Waals surface area contributed by atoms with E-state index in [0.717, 1.165) is 32.3 Å². The maximum absolute atomic E-state index is 12.5. The Morgan fingerprint density at radius 3 is 2.85 bits per heavy atom. The van der Waals surface area contributed by atoms with E-state index in [0.29, 0.717) is 31.9 Å². The molecule has 1 amide bonds. The molecular weight excluding hydrogens is 334 g/mol. The van der Waals surface area contributed by atoms with E-state index in [-0.39, 0.29) is 23.7 Å². The number of aromatic nitrogens is 2. The van der Waals surface area contributed by atoms with Crippen molar-refractivity contribution < 1.29 is 19.0 Å². The zero-order valence-electron chi connectivity index (χ0n) is 15.7. The fourth-order valence-corrected chi connectivity index (χ4v) is 3.69. The molecular formula is C19H29N3O4. The molecule has 0 aromatic carbocycles. The normalized spacial score (nSPS) is 22.7. The lowest BCUT2D eigenvalue weighted by molar-refractivity contribution is -0.156. The lowest BCUT2D eigenvalue weighted by atomic mass is 9.83. The predicted molar refractivity (Wildman–Crippen MR) is 95.9 cm³/mol. The van der Waals surface area contributed by atoms with Gasteiger partial charge in [0.25, 0.3) is 5.91 Å². The van der Waals surface area contributed by atoms with Gasteiger partial charge in [-0.3, -0.25) is 4.79 Å². The quantitative estimate of drug-likeness (QED) is 0.721. The first-order valence-electron chi connectivity index (χ1n) is 9.51. The van der Waals surface area contributed by atoms with Crippen molar-refractivity contribution in [1.29, 1.82) is 0 Å². The van der Waals surface area contributed by atoms with Crippen molar-refractivity contribution in [3.8, 4) is 0 Å². The van der Waals surface area contributed by atoms with Crippen LogP contribution in [0, 0.1) is 0 Å². The van der Waals surface area contributed by atoms with E-state index in [1.54, 1.807) is 12.3 Å². The maximum Gasteiger partial charge on any atom is 0.255 e. The summed E-state index contributed by atoms with van der Waals surface area (Å²) in [6.45, 7) is 7.43. The van der Waals surface area contributed by atoms with Crippen molar-refractivity contribution in [1.82, 2.24) is 15.1 Å². The van der Waals surface area contributed by atoms with Crippen LogP contribution in [-0.4, -0.2) is 71.7 Å². The Bertz CT molecular complexity index is 573. The minimum absolute atomic E-state index is 0.0178. The number of hydrogen-bond donors (Lipinski definition) is 0. The van der Waals surface area contributed by atoms with E-state index in [1.165, 1.54) is 6.20 Å². The molecule has 7 nitrogen and oxygen atoms in total. The molecule has 2 aliphatic rings. The summed E-state index contributed by atoms with van der Waals surface area (Å²) in [7, 11) is 0. The standard InChI is InChI=1S/C19H29N3O4/c1-15(2)24-11-12-25-17-4-10-26-19(13-17)5-8-22(9-6-19)18(23)16-3-7-20-21-14-16/h3,7,14-15,17H,4-6,8-13H2,1-2H3. The van der Waals surface area contributed by atoms with Crippen LogP contribution in [0.5, 0.6) is 0 Å². The van der Waals surface area contributed by atoms with E-state index < -0.39 is 0 Å². The van der Waals surface area contributed by atoms with Crippen molar-refractivity contribution in [2.45, 2.75) is 57.3 Å². The topological polar surface area (TPSA) is 73.8 Å². The van der Waals surface area contributed by atoms with Crippen LogP contribution in [0.15, 0.2) is 18.5 Å². The van der Waals surface area contributed by atoms with Gasteiger partial charge in [-0.1, -0.05) is 0 Å². The fourth-order valence-electron chi connectivity index (χ4n) is 3.69. The van der Waals surface area contributed by atoms with Crippen LogP contribution in [0.2, 0.25) is 0 Å². The van der Waals surface area contributed by atoms with Gasteiger partial charge >= 0.3 is 0 Å². The molecule has 26 heavy (non-hydrogen) atoms. The first-order chi connectivity index (χ1) is 12.6. The highest BCUT2D eigenvalue weighted by Crippen LogP contribution is 2.36. The number of likely N-dealkylation sites (tertiary alicyclic amines) is 1. The Labute approximate surface area is 155 Å². The Kier molecular flexibility index (Phi) is 6.56. The average Bonchev–Trinajstić information content (AvgIpc) is 2.66. The number of ether oxygens (including phenoxy) is 3. The largest absolute Gasteiger partial charge is 0.376 e. The second-order valence-electron chi connectivity index (χ2n) is 7.36. The van der Waals surface area contributed by atoms with Gasteiger partial charge in [-0.15, -0.1) is 0 Å². The third-order valence-corrected chi connectivity index (χ3v) is 5.13. The highest BCUT2D eigenvalue weighted by Gasteiger charge is 2.41. The zero-order valence-corrected chi connectivity index (χ0v) is 15.7. The summed E-state index contributed by atoms with van der Waals surface area (Å²) in [6, 6.07) is 1.71. The summed E-state index contributed by atoms with van der Waals surface area (Å²) in [5.74, 6) is 0.0178. The summed E-state index contributed by atoms with van der Waals surface area (Å²) in [5.41, 5.74) is 0.432. The lowest BCUT2D eigenvalue weighted by Crippen LogP contribution is -2.52. The molecule has 144 valence electrons. The molecule has 2 fully saturated rings. The Morgan fingerprint density at radius 1 is 1.35 bits per heavy atom. The van der Waals surface area contributed by atoms with E-state index >= 15 is 0 Å². The van der Waals surface area contributed by atoms with Crippen molar-refractivity contribution in [3.05, 3.63) is 24.0 Å². The van der Waals surface area contributed by atoms with E-state index in [9.17, 15) is 4.79 Å². The van der Waals surface area contributed by atoms with Crippen LogP contribution in [0.25, 0.3) is 0 Å². The second kappa shape index (κ2) is 8.88. The van der Waals surface area contributed by atoms with Crippen molar-refractivity contribution >= 4 is 5.91 Å². The molecule has 1 unspecified atom stereocenters. The van der Waals surface area contributed by atoms with Gasteiger partial charge in [-0.2, -0.15) is 10.2 Å². The maximum atomic E-state index is 12.5. The smallest absolute Gasteiger partial charge is 0.255 e. The van der Waals surface area contributed by atoms with Gasteiger partial charge in [0.2, 0.25) is 0 Å². The highest BCUT2D eigenvalue weighted by molar-refractivity contribution is 5.93. The number of amides is 1. The number of rotatable bonds is 6. The van der Waals surface area contributed by atoms with E-state index in [2.05, 4.69) is 10.2 Å². The molecule has 3 rings (SSSR count). The Morgan fingerprint density at radius 2 is 2.15 bits per heavy atom. The first-order valence-corrected chi connectivity index (χ1v) is 9.51. The van der Waals surface area contributed by atoms with Crippen LogP contribution < -0.4 is 0 Å². The number of nitrogens with zero attached hydrogens (tertiary/aromatic N) is 3. The van der Waals surface area contributed by atoms with Crippen LogP contribution in [0.1, 0.15) is 49.9 Å². The molecule has 3 heterocycles. The summed E-state index contributed by atoms with van der Waals surface area (Å²) >= 11 is 0. The third-order valence-electron chi connectivity index (χ3n) is 5.13. The molecule has 0 saturated carbocycles. The Balaban J connectivity index is 1.47. The van der Waals surface area contributed by atoms with Crippen molar-refractivity contribution in [2.24, 2.45) is 0 Å². The van der Waals surface area contributed by atoms with Crippen LogP contribution in [0.3, 0.4) is 0 Å². The molecule has 0 N–H and O–H groups in total. The van der Waals surface area contributed by atoms with Gasteiger partial charge < -0.3 is 19.1 Å². The van der Waals surface area contributed by atoms with Gasteiger partial charge in [-0.05, 0) is 39.2 Å². The van der Waals surface area contributed by atoms with E-state index in [1.807, 2.05) is 18.7 Å². The predicted octanol–water partition coefficient (Wildman–Crippen LogP) is 2.07. The fraction of sp³-hybridized carbons (Fsp3) is 0.737. The number of carbonyl (C=O) groups is 1. The number of carbonyl (C=O) groups excluding carboxylic acids is 1. The van der Waals surface area contributed by atoms with Crippen LogP contribution in [0.4, 0.5) is 0 Å². The molecule has 1 atom stereocenters. The molecule has 0 aliphatic carbocycles. The highest BCUT2D eigenvalue weighted by atomic mass is 16.5.